The van der Waals surface area contributed by atoms with Gasteiger partial charge in [-0.1, -0.05) is 6.92 Å². The first-order valence-corrected chi connectivity index (χ1v) is 6.55. The second-order valence-corrected chi connectivity index (χ2v) is 5.21. The van der Waals surface area contributed by atoms with Crippen molar-refractivity contribution >= 4 is 22.9 Å². The molecule has 0 aliphatic heterocycles. The molecule has 0 aliphatic rings. The van der Waals surface area contributed by atoms with E-state index >= 15 is 0 Å². The molecule has 0 spiro atoms. The molecule has 2 aromatic heterocycles. The number of rotatable bonds is 5. The molecule has 4 nitrogen and oxygen atoms in total. The summed E-state index contributed by atoms with van der Waals surface area (Å²) < 4.78 is 1.55. The standard InChI is InChI=1S/C13H14N2O2S/c1-3-10-4-5-13(18-10)12(17)6-11(16)9-7-14-15(2)8-9/h4-5,7-8H,3,6H2,1-2H3. The van der Waals surface area contributed by atoms with E-state index in [4.69, 9.17) is 0 Å². The monoisotopic (exact) mass is 262 g/mol. The van der Waals surface area contributed by atoms with Crippen LogP contribution in [0.4, 0.5) is 0 Å². The predicted molar refractivity (Wildman–Crippen MR) is 70.2 cm³/mol. The van der Waals surface area contributed by atoms with Crippen LogP contribution in [0.25, 0.3) is 0 Å². The normalized spacial score (nSPS) is 10.6. The maximum Gasteiger partial charge on any atom is 0.180 e. The molecule has 0 fully saturated rings. The van der Waals surface area contributed by atoms with Crippen LogP contribution in [0.15, 0.2) is 24.5 Å². The second kappa shape index (κ2) is 5.27. The van der Waals surface area contributed by atoms with Crippen molar-refractivity contribution in [3.05, 3.63) is 39.8 Å². The number of aryl methyl sites for hydroxylation is 2. The van der Waals surface area contributed by atoms with Crippen LogP contribution < -0.4 is 0 Å². The number of nitrogens with zero attached hydrogens (tertiary/aromatic N) is 2. The number of thiophene rings is 1. The lowest BCUT2D eigenvalue weighted by Gasteiger charge is -1.95. The zero-order valence-corrected chi connectivity index (χ0v) is 11.2. The number of carbonyl (C=O) groups excluding carboxylic acids is 2. The largest absolute Gasteiger partial charge is 0.294 e. The maximum absolute atomic E-state index is 11.9. The van der Waals surface area contributed by atoms with Gasteiger partial charge < -0.3 is 0 Å². The summed E-state index contributed by atoms with van der Waals surface area (Å²) >= 11 is 1.46. The minimum absolute atomic E-state index is 0.0879. The predicted octanol–water partition coefficient (Wildman–Crippen LogP) is 2.50. The lowest BCUT2D eigenvalue weighted by Crippen LogP contribution is -2.06. The smallest absolute Gasteiger partial charge is 0.180 e. The molecule has 0 aliphatic carbocycles. The summed E-state index contributed by atoms with van der Waals surface area (Å²) in [6, 6.07) is 3.73. The Hall–Kier alpha value is -1.75. The molecule has 2 aromatic rings. The molecule has 5 heteroatoms. The van der Waals surface area contributed by atoms with E-state index in [2.05, 4.69) is 5.10 Å². The molecule has 2 rings (SSSR count). The molecule has 18 heavy (non-hydrogen) atoms. The summed E-state index contributed by atoms with van der Waals surface area (Å²) in [6.45, 7) is 2.04. The van der Waals surface area contributed by atoms with Crippen molar-refractivity contribution in [2.45, 2.75) is 19.8 Å². The number of aromatic nitrogens is 2. The quantitative estimate of drug-likeness (QED) is 0.614. The van der Waals surface area contributed by atoms with Crippen molar-refractivity contribution in [3.63, 3.8) is 0 Å². The minimum Gasteiger partial charge on any atom is -0.294 e. The van der Waals surface area contributed by atoms with Crippen LogP contribution in [-0.2, 0) is 13.5 Å². The van der Waals surface area contributed by atoms with Gasteiger partial charge in [0.1, 0.15) is 0 Å². The Labute approximate surface area is 109 Å². The van der Waals surface area contributed by atoms with Crippen molar-refractivity contribution in [1.82, 2.24) is 9.78 Å². The summed E-state index contributed by atoms with van der Waals surface area (Å²) in [7, 11) is 1.74. The van der Waals surface area contributed by atoms with Gasteiger partial charge in [-0.25, -0.2) is 0 Å². The fraction of sp³-hybridized carbons (Fsp3) is 0.308. The van der Waals surface area contributed by atoms with E-state index < -0.39 is 0 Å². The summed E-state index contributed by atoms with van der Waals surface area (Å²) in [5.74, 6) is -0.298. The van der Waals surface area contributed by atoms with Crippen LogP contribution in [0.3, 0.4) is 0 Å². The lowest BCUT2D eigenvalue weighted by atomic mass is 10.1. The van der Waals surface area contributed by atoms with Gasteiger partial charge in [0.15, 0.2) is 11.6 Å². The Balaban J connectivity index is 2.05. The first-order valence-electron chi connectivity index (χ1n) is 5.74. The molecular weight excluding hydrogens is 248 g/mol. The van der Waals surface area contributed by atoms with E-state index in [0.29, 0.717) is 10.4 Å². The molecule has 0 aromatic carbocycles. The zero-order chi connectivity index (χ0) is 13.1. The zero-order valence-electron chi connectivity index (χ0n) is 10.3. The van der Waals surface area contributed by atoms with Gasteiger partial charge in [0.25, 0.3) is 0 Å². The molecular formula is C13H14N2O2S. The molecule has 0 unspecified atom stereocenters. The fourth-order valence-corrected chi connectivity index (χ4v) is 2.50. The van der Waals surface area contributed by atoms with Gasteiger partial charge >= 0.3 is 0 Å². The first-order chi connectivity index (χ1) is 8.60. The average molecular weight is 262 g/mol. The Morgan fingerprint density at radius 3 is 2.67 bits per heavy atom. The third kappa shape index (κ3) is 2.73. The summed E-state index contributed by atoms with van der Waals surface area (Å²) in [6.07, 6.45) is 3.94. The molecule has 0 radical (unpaired) electrons. The number of carbonyl (C=O) groups is 2. The molecule has 0 saturated heterocycles. The van der Waals surface area contributed by atoms with E-state index in [0.717, 1.165) is 11.3 Å². The van der Waals surface area contributed by atoms with Crippen LogP contribution in [0.5, 0.6) is 0 Å². The maximum atomic E-state index is 11.9. The van der Waals surface area contributed by atoms with Crippen molar-refractivity contribution < 1.29 is 9.59 Å². The third-order valence-corrected chi connectivity index (χ3v) is 3.90. The van der Waals surface area contributed by atoms with Crippen molar-refractivity contribution in [3.8, 4) is 0 Å². The van der Waals surface area contributed by atoms with Gasteiger partial charge in [-0.05, 0) is 18.6 Å². The number of hydrogen-bond donors (Lipinski definition) is 0. The van der Waals surface area contributed by atoms with Crippen LogP contribution in [-0.4, -0.2) is 21.3 Å². The highest BCUT2D eigenvalue weighted by Gasteiger charge is 2.16. The first kappa shape index (κ1) is 12.7. The molecule has 2 heterocycles. The Kier molecular flexibility index (Phi) is 3.72. The average Bonchev–Trinajstić information content (AvgIpc) is 2.97. The van der Waals surface area contributed by atoms with Gasteiger partial charge in [0.05, 0.1) is 23.1 Å². The fourth-order valence-electron chi connectivity index (χ4n) is 1.62. The van der Waals surface area contributed by atoms with Gasteiger partial charge in [-0.2, -0.15) is 5.10 Å². The van der Waals surface area contributed by atoms with E-state index in [9.17, 15) is 9.59 Å². The summed E-state index contributed by atoms with van der Waals surface area (Å²) in [5.41, 5.74) is 0.484. The van der Waals surface area contributed by atoms with Crippen molar-refractivity contribution in [1.29, 1.82) is 0 Å². The third-order valence-electron chi connectivity index (χ3n) is 2.63. The van der Waals surface area contributed by atoms with Crippen LogP contribution in [0.2, 0.25) is 0 Å². The van der Waals surface area contributed by atoms with E-state index in [1.807, 2.05) is 13.0 Å². The number of hydrogen-bond acceptors (Lipinski definition) is 4. The van der Waals surface area contributed by atoms with Gasteiger partial charge in [0, 0.05) is 18.1 Å². The summed E-state index contributed by atoms with van der Waals surface area (Å²) in [5, 5.41) is 3.92. The van der Waals surface area contributed by atoms with E-state index in [1.54, 1.807) is 24.0 Å². The highest BCUT2D eigenvalue weighted by molar-refractivity contribution is 7.14. The van der Waals surface area contributed by atoms with Gasteiger partial charge in [-0.15, -0.1) is 11.3 Å². The molecule has 0 atom stereocenters. The van der Waals surface area contributed by atoms with E-state index in [1.165, 1.54) is 17.5 Å². The number of Topliss-reactive ketones (excluding diaryl/α,β-unsaturated/α-hetero) is 2. The number of ketones is 2. The van der Waals surface area contributed by atoms with Crippen molar-refractivity contribution in [2.75, 3.05) is 0 Å². The highest BCUT2D eigenvalue weighted by atomic mass is 32.1. The molecule has 94 valence electrons. The SMILES string of the molecule is CCc1ccc(C(=O)CC(=O)c2cnn(C)c2)s1. The Morgan fingerprint density at radius 2 is 2.11 bits per heavy atom. The van der Waals surface area contributed by atoms with Crippen LogP contribution in [0.1, 0.15) is 38.3 Å². The minimum atomic E-state index is -0.181. The molecule has 0 saturated carbocycles. The Bertz CT molecular complexity index is 583. The second-order valence-electron chi connectivity index (χ2n) is 4.05. The van der Waals surface area contributed by atoms with E-state index in [-0.39, 0.29) is 18.0 Å². The van der Waals surface area contributed by atoms with Crippen LogP contribution >= 0.6 is 11.3 Å². The topological polar surface area (TPSA) is 52.0 Å². The summed E-state index contributed by atoms with van der Waals surface area (Å²) in [4.78, 5) is 25.6. The highest BCUT2D eigenvalue weighted by Crippen LogP contribution is 2.19. The van der Waals surface area contributed by atoms with Crippen molar-refractivity contribution in [2.24, 2.45) is 7.05 Å². The van der Waals surface area contributed by atoms with Gasteiger partial charge in [0.2, 0.25) is 0 Å². The van der Waals surface area contributed by atoms with Gasteiger partial charge in [-0.3, -0.25) is 14.3 Å². The van der Waals surface area contributed by atoms with Crippen LogP contribution in [0, 0.1) is 0 Å². The molecule has 0 N–H and O–H groups in total. The Morgan fingerprint density at radius 1 is 1.33 bits per heavy atom. The molecule has 0 amide bonds. The molecule has 0 bridgehead atoms. The lowest BCUT2D eigenvalue weighted by molar-refractivity contribution is 0.0896.